The van der Waals surface area contributed by atoms with E-state index < -0.39 is 24.0 Å². The molecule has 5 nitrogen and oxygen atoms in total. The van der Waals surface area contributed by atoms with Crippen molar-refractivity contribution < 1.29 is 19.4 Å². The monoisotopic (exact) mass is 279 g/mol. The minimum Gasteiger partial charge on any atom is -0.479 e. The quantitative estimate of drug-likeness (QED) is 0.715. The van der Waals surface area contributed by atoms with Gasteiger partial charge < -0.3 is 15.2 Å². The van der Waals surface area contributed by atoms with Crippen molar-refractivity contribution in [3.8, 4) is 0 Å². The number of amides is 1. The molecular formula is C15H21NO4. The molecule has 0 radical (unpaired) electrons. The number of carboxylic acids is 1. The van der Waals surface area contributed by atoms with Crippen LogP contribution in [0.4, 0.5) is 0 Å². The van der Waals surface area contributed by atoms with Crippen LogP contribution < -0.4 is 5.32 Å². The normalized spacial score (nSPS) is 13.5. The number of carbonyl (C=O) groups excluding carboxylic acids is 1. The average molecular weight is 279 g/mol. The predicted octanol–water partition coefficient (Wildman–Crippen LogP) is 2.13. The lowest BCUT2D eigenvalue weighted by Crippen LogP contribution is -2.40. The summed E-state index contributed by atoms with van der Waals surface area (Å²) < 4.78 is 5.36. The third-order valence-corrected chi connectivity index (χ3v) is 2.90. The number of hydrogen-bond donors (Lipinski definition) is 2. The van der Waals surface area contributed by atoms with Crippen molar-refractivity contribution in [2.75, 3.05) is 6.61 Å². The van der Waals surface area contributed by atoms with Gasteiger partial charge in [0.25, 0.3) is 0 Å². The van der Waals surface area contributed by atoms with Crippen molar-refractivity contribution in [2.45, 2.75) is 38.8 Å². The van der Waals surface area contributed by atoms with Crippen LogP contribution in [0.1, 0.15) is 38.3 Å². The first kappa shape index (κ1) is 16.2. The Balaban J connectivity index is 2.62. The van der Waals surface area contributed by atoms with Gasteiger partial charge in [-0.25, -0.2) is 4.79 Å². The summed E-state index contributed by atoms with van der Waals surface area (Å²) in [6, 6.07) is 7.54. The van der Waals surface area contributed by atoms with E-state index >= 15 is 0 Å². The molecule has 0 heterocycles. The van der Waals surface area contributed by atoms with Crippen LogP contribution in [-0.4, -0.2) is 29.7 Å². The molecule has 1 rings (SSSR count). The fourth-order valence-corrected chi connectivity index (χ4v) is 1.67. The molecule has 0 spiro atoms. The summed E-state index contributed by atoms with van der Waals surface area (Å²) in [6.45, 7) is 4.15. The van der Waals surface area contributed by atoms with Gasteiger partial charge in [0, 0.05) is 6.61 Å². The van der Waals surface area contributed by atoms with Gasteiger partial charge in [-0.2, -0.15) is 0 Å². The van der Waals surface area contributed by atoms with Crippen molar-refractivity contribution in [3.63, 3.8) is 0 Å². The van der Waals surface area contributed by atoms with E-state index in [9.17, 15) is 14.7 Å². The summed E-state index contributed by atoms with van der Waals surface area (Å²) in [5.74, 6) is -1.51. The van der Waals surface area contributed by atoms with Gasteiger partial charge in [-0.3, -0.25) is 4.79 Å². The highest BCUT2D eigenvalue weighted by atomic mass is 16.5. The fraction of sp³-hybridized carbons (Fsp3) is 0.467. The van der Waals surface area contributed by atoms with Crippen LogP contribution in [0.2, 0.25) is 0 Å². The smallest absolute Gasteiger partial charge is 0.330 e. The molecule has 0 aliphatic carbocycles. The first-order valence-electron chi connectivity index (χ1n) is 6.76. The molecule has 2 atom stereocenters. The Hall–Kier alpha value is -1.88. The van der Waals surface area contributed by atoms with Crippen molar-refractivity contribution in [1.82, 2.24) is 5.32 Å². The maximum Gasteiger partial charge on any atom is 0.330 e. The lowest BCUT2D eigenvalue weighted by molar-refractivity contribution is -0.144. The Bertz CT molecular complexity index is 433. The standard InChI is InChI=1S/C15H21NO4/c1-3-4-10-20-11(2)14(17)16-13(15(18)19)12-8-6-5-7-9-12/h5-9,11,13H,3-4,10H2,1-2H3,(H,16,17)(H,18,19)/t11?,13-/m0/s1. The minimum atomic E-state index is -1.09. The van der Waals surface area contributed by atoms with E-state index in [-0.39, 0.29) is 0 Å². The largest absolute Gasteiger partial charge is 0.479 e. The van der Waals surface area contributed by atoms with Gasteiger partial charge in [0.2, 0.25) is 5.91 Å². The minimum absolute atomic E-state index is 0.419. The van der Waals surface area contributed by atoms with Crippen LogP contribution in [0.5, 0.6) is 0 Å². The molecule has 1 unspecified atom stereocenters. The Morgan fingerprint density at radius 1 is 1.30 bits per heavy atom. The van der Waals surface area contributed by atoms with Crippen LogP contribution in [0.3, 0.4) is 0 Å². The highest BCUT2D eigenvalue weighted by Gasteiger charge is 2.24. The molecule has 0 saturated carbocycles. The van der Waals surface area contributed by atoms with Crippen molar-refractivity contribution in [1.29, 1.82) is 0 Å². The molecule has 0 aromatic heterocycles. The molecule has 1 aromatic carbocycles. The van der Waals surface area contributed by atoms with E-state index in [1.807, 2.05) is 6.92 Å². The van der Waals surface area contributed by atoms with Crippen molar-refractivity contribution in [2.24, 2.45) is 0 Å². The van der Waals surface area contributed by atoms with Crippen LogP contribution in [0.15, 0.2) is 30.3 Å². The fourth-order valence-electron chi connectivity index (χ4n) is 1.67. The molecule has 110 valence electrons. The number of hydrogen-bond acceptors (Lipinski definition) is 3. The number of unbranched alkanes of at least 4 members (excludes halogenated alkanes) is 1. The maximum absolute atomic E-state index is 11.9. The van der Waals surface area contributed by atoms with Crippen LogP contribution in [0, 0.1) is 0 Å². The molecular weight excluding hydrogens is 258 g/mol. The van der Waals surface area contributed by atoms with Crippen LogP contribution >= 0.6 is 0 Å². The Morgan fingerprint density at radius 3 is 2.50 bits per heavy atom. The predicted molar refractivity (Wildman–Crippen MR) is 75.3 cm³/mol. The lowest BCUT2D eigenvalue weighted by atomic mass is 10.1. The van der Waals surface area contributed by atoms with Gasteiger partial charge in [0.1, 0.15) is 6.10 Å². The van der Waals surface area contributed by atoms with E-state index in [2.05, 4.69) is 5.32 Å². The number of ether oxygens (including phenoxy) is 1. The van der Waals surface area contributed by atoms with E-state index in [0.29, 0.717) is 12.2 Å². The molecule has 0 bridgehead atoms. The molecule has 1 aromatic rings. The van der Waals surface area contributed by atoms with E-state index in [0.717, 1.165) is 12.8 Å². The Morgan fingerprint density at radius 2 is 1.95 bits per heavy atom. The molecule has 0 aliphatic rings. The summed E-state index contributed by atoms with van der Waals surface area (Å²) in [5.41, 5.74) is 0.536. The van der Waals surface area contributed by atoms with Gasteiger partial charge in [0.05, 0.1) is 0 Å². The van der Waals surface area contributed by atoms with E-state index in [1.165, 1.54) is 0 Å². The van der Waals surface area contributed by atoms with Gasteiger partial charge in [-0.15, -0.1) is 0 Å². The van der Waals surface area contributed by atoms with E-state index in [1.54, 1.807) is 37.3 Å². The first-order valence-corrected chi connectivity index (χ1v) is 6.76. The average Bonchev–Trinajstić information content (AvgIpc) is 2.45. The molecule has 2 N–H and O–H groups in total. The highest BCUT2D eigenvalue weighted by Crippen LogP contribution is 2.13. The summed E-state index contributed by atoms with van der Waals surface area (Å²) in [5, 5.41) is 11.7. The zero-order chi connectivity index (χ0) is 15.0. The highest BCUT2D eigenvalue weighted by molar-refractivity contribution is 5.86. The Labute approximate surface area is 118 Å². The number of benzene rings is 1. The topological polar surface area (TPSA) is 75.6 Å². The third-order valence-electron chi connectivity index (χ3n) is 2.90. The zero-order valence-electron chi connectivity index (χ0n) is 11.8. The number of carbonyl (C=O) groups is 2. The second kappa shape index (κ2) is 8.32. The van der Waals surface area contributed by atoms with Gasteiger partial charge in [-0.1, -0.05) is 43.7 Å². The second-order valence-electron chi connectivity index (χ2n) is 4.56. The Kier molecular flexibility index (Phi) is 6.73. The number of nitrogens with one attached hydrogen (secondary N) is 1. The van der Waals surface area contributed by atoms with E-state index in [4.69, 9.17) is 4.74 Å². The summed E-state index contributed by atoms with van der Waals surface area (Å²) in [7, 11) is 0. The van der Waals surface area contributed by atoms with Crippen molar-refractivity contribution in [3.05, 3.63) is 35.9 Å². The lowest BCUT2D eigenvalue weighted by Gasteiger charge is -2.18. The van der Waals surface area contributed by atoms with Crippen LogP contribution in [0.25, 0.3) is 0 Å². The number of aliphatic carboxylic acids is 1. The molecule has 0 fully saturated rings. The SMILES string of the molecule is CCCCOC(C)C(=O)N[C@H](C(=O)O)c1ccccc1. The molecule has 0 aliphatic heterocycles. The summed E-state index contributed by atoms with van der Waals surface area (Å²) in [6.07, 6.45) is 1.20. The van der Waals surface area contributed by atoms with Gasteiger partial charge in [0.15, 0.2) is 6.04 Å². The molecule has 20 heavy (non-hydrogen) atoms. The first-order chi connectivity index (χ1) is 9.56. The maximum atomic E-state index is 11.9. The number of carboxylic acid groups (broad SMARTS) is 1. The second-order valence-corrected chi connectivity index (χ2v) is 4.56. The molecule has 1 amide bonds. The van der Waals surface area contributed by atoms with Crippen molar-refractivity contribution >= 4 is 11.9 Å². The van der Waals surface area contributed by atoms with Gasteiger partial charge in [-0.05, 0) is 18.9 Å². The summed E-state index contributed by atoms with van der Waals surface area (Å²) >= 11 is 0. The summed E-state index contributed by atoms with van der Waals surface area (Å²) in [4.78, 5) is 23.2. The van der Waals surface area contributed by atoms with Crippen LogP contribution in [-0.2, 0) is 14.3 Å². The molecule has 0 saturated heterocycles. The van der Waals surface area contributed by atoms with Gasteiger partial charge >= 0.3 is 5.97 Å². The number of rotatable bonds is 8. The molecule has 5 heteroatoms. The third kappa shape index (κ3) is 5.01. The zero-order valence-corrected chi connectivity index (χ0v) is 11.8.